The van der Waals surface area contributed by atoms with Crippen LogP contribution in [0.3, 0.4) is 0 Å². The molecule has 0 aliphatic rings. The van der Waals surface area contributed by atoms with Crippen molar-refractivity contribution in [3.05, 3.63) is 24.3 Å². The van der Waals surface area contributed by atoms with Crippen LogP contribution >= 0.6 is 11.8 Å². The smallest absolute Gasteiger partial charge is 0.855 e. The minimum atomic E-state index is -2.33. The van der Waals surface area contributed by atoms with Gasteiger partial charge in [-0.2, -0.15) is 0 Å². The van der Waals surface area contributed by atoms with E-state index in [2.05, 4.69) is 0 Å². The minimum absolute atomic E-state index is 0. The van der Waals surface area contributed by atoms with E-state index in [1.54, 1.807) is 11.8 Å². The molecule has 0 aromatic heterocycles. The van der Waals surface area contributed by atoms with Crippen LogP contribution in [0.5, 0.6) is 0 Å². The summed E-state index contributed by atoms with van der Waals surface area (Å²) < 4.78 is 0. The molecule has 0 fully saturated rings. The average Bonchev–Trinajstić information content (AvgIpc) is 2.03. The fraction of sp³-hybridized carbons (Fsp3) is 0.333. The van der Waals surface area contributed by atoms with E-state index in [0.29, 0.717) is 0 Å². The first-order valence-corrected chi connectivity index (χ1v) is 8.02. The summed E-state index contributed by atoms with van der Waals surface area (Å²) in [5, 5.41) is 0.986. The maximum absolute atomic E-state index is 11.6. The van der Waals surface area contributed by atoms with Gasteiger partial charge < -0.3 is 4.80 Å². The van der Waals surface area contributed by atoms with Gasteiger partial charge in [0, 0.05) is 4.90 Å². The number of thioether (sulfide) groups is 1. The molecule has 1 aromatic rings. The van der Waals surface area contributed by atoms with Crippen molar-refractivity contribution in [1.82, 2.24) is 0 Å². The number of rotatable bonds is 2. The SMILES string of the molecule is CSc1ccc([Si](C)(C)[O-])cc1.[Na+]. The minimum Gasteiger partial charge on any atom is -0.855 e. The van der Waals surface area contributed by atoms with Crippen LogP contribution in [-0.4, -0.2) is 14.6 Å². The third-order valence-electron chi connectivity index (χ3n) is 1.79. The molecule has 0 heterocycles. The largest absolute Gasteiger partial charge is 1.00 e. The summed E-state index contributed by atoms with van der Waals surface area (Å²) >= 11 is 1.70. The van der Waals surface area contributed by atoms with Crippen molar-refractivity contribution in [2.24, 2.45) is 0 Å². The number of hydrogen-bond acceptors (Lipinski definition) is 2. The van der Waals surface area contributed by atoms with Crippen molar-refractivity contribution in [1.29, 1.82) is 0 Å². The van der Waals surface area contributed by atoms with Crippen LogP contribution in [0, 0.1) is 0 Å². The Kier molecular flexibility index (Phi) is 5.91. The molecule has 0 aliphatic heterocycles. The predicted octanol–water partition coefficient (Wildman–Crippen LogP) is -1.82. The second-order valence-electron chi connectivity index (χ2n) is 3.24. The second-order valence-corrected chi connectivity index (χ2v) is 7.72. The van der Waals surface area contributed by atoms with Crippen molar-refractivity contribution in [2.75, 3.05) is 6.26 Å². The van der Waals surface area contributed by atoms with Gasteiger partial charge in [0.05, 0.1) is 0 Å². The van der Waals surface area contributed by atoms with Gasteiger partial charge in [0.1, 0.15) is 0 Å². The summed E-state index contributed by atoms with van der Waals surface area (Å²) in [6.07, 6.45) is 2.04. The van der Waals surface area contributed by atoms with E-state index >= 15 is 0 Å². The molecule has 0 spiro atoms. The van der Waals surface area contributed by atoms with Crippen LogP contribution in [0.1, 0.15) is 0 Å². The summed E-state index contributed by atoms with van der Waals surface area (Å²) in [6, 6.07) is 7.97. The summed E-state index contributed by atoms with van der Waals surface area (Å²) in [5.41, 5.74) is 0. The molecule has 1 rings (SSSR count). The molecule has 13 heavy (non-hydrogen) atoms. The first kappa shape index (κ1) is 13.7. The van der Waals surface area contributed by atoms with Crippen molar-refractivity contribution >= 4 is 25.3 Å². The number of hydrogen-bond donors (Lipinski definition) is 0. The van der Waals surface area contributed by atoms with Gasteiger partial charge in [-0.15, -0.1) is 11.8 Å². The third-order valence-corrected chi connectivity index (χ3v) is 4.25. The Bertz CT molecular complexity index is 255. The van der Waals surface area contributed by atoms with Crippen LogP contribution in [0.4, 0.5) is 0 Å². The van der Waals surface area contributed by atoms with Crippen LogP contribution in [-0.2, 0) is 0 Å². The maximum atomic E-state index is 11.6. The zero-order valence-electron chi connectivity index (χ0n) is 8.63. The molecule has 0 radical (unpaired) electrons. The quantitative estimate of drug-likeness (QED) is 0.433. The van der Waals surface area contributed by atoms with Gasteiger partial charge in [-0.1, -0.05) is 30.4 Å². The van der Waals surface area contributed by atoms with Gasteiger partial charge in [-0.3, -0.25) is 0 Å². The molecule has 0 N–H and O–H groups in total. The fourth-order valence-corrected chi connectivity index (χ4v) is 2.37. The Hall–Kier alpha value is 0.747. The Morgan fingerprint density at radius 2 is 1.62 bits per heavy atom. The Morgan fingerprint density at radius 1 is 1.15 bits per heavy atom. The van der Waals surface area contributed by atoms with Crippen LogP contribution < -0.4 is 39.5 Å². The van der Waals surface area contributed by atoms with Crippen LogP contribution in [0.15, 0.2) is 29.2 Å². The summed E-state index contributed by atoms with van der Waals surface area (Å²) in [4.78, 5) is 12.9. The van der Waals surface area contributed by atoms with E-state index in [1.165, 1.54) is 4.90 Å². The Morgan fingerprint density at radius 3 is 1.92 bits per heavy atom. The zero-order chi connectivity index (χ0) is 9.19. The summed E-state index contributed by atoms with van der Waals surface area (Å²) in [5.74, 6) is 0. The standard InChI is InChI=1S/C9H13OSSi.Na/c1-11-8-4-6-9(7-5-8)12(2,3)10;/h4-7H,1-3H3;/q-1;+1. The van der Waals surface area contributed by atoms with E-state index in [-0.39, 0.29) is 29.6 Å². The third kappa shape index (κ3) is 4.19. The molecule has 0 amide bonds. The van der Waals surface area contributed by atoms with Crippen molar-refractivity contribution in [2.45, 2.75) is 18.0 Å². The predicted molar refractivity (Wildman–Crippen MR) is 55.3 cm³/mol. The van der Waals surface area contributed by atoms with E-state index in [1.807, 2.05) is 43.6 Å². The fourth-order valence-electron chi connectivity index (χ4n) is 0.992. The molecule has 0 bridgehead atoms. The molecule has 0 aliphatic carbocycles. The van der Waals surface area contributed by atoms with E-state index in [4.69, 9.17) is 0 Å². The normalized spacial score (nSPS) is 10.8. The molecular weight excluding hydrogens is 207 g/mol. The van der Waals surface area contributed by atoms with Crippen LogP contribution in [0.25, 0.3) is 0 Å². The maximum Gasteiger partial charge on any atom is 1.00 e. The monoisotopic (exact) mass is 220 g/mol. The van der Waals surface area contributed by atoms with E-state index in [9.17, 15) is 4.80 Å². The van der Waals surface area contributed by atoms with Gasteiger partial charge in [0.15, 0.2) is 0 Å². The number of benzene rings is 1. The topological polar surface area (TPSA) is 23.1 Å². The van der Waals surface area contributed by atoms with Gasteiger partial charge >= 0.3 is 29.6 Å². The molecule has 4 heteroatoms. The molecule has 0 unspecified atom stereocenters. The molecule has 0 atom stereocenters. The van der Waals surface area contributed by atoms with Gasteiger partial charge in [-0.05, 0) is 26.7 Å². The second kappa shape index (κ2) is 5.58. The summed E-state index contributed by atoms with van der Waals surface area (Å²) in [6.45, 7) is 3.64. The average molecular weight is 220 g/mol. The zero-order valence-corrected chi connectivity index (χ0v) is 12.4. The Labute approximate surface area is 107 Å². The van der Waals surface area contributed by atoms with Crippen molar-refractivity contribution in [3.8, 4) is 0 Å². The molecule has 66 valence electrons. The molecule has 1 nitrogen and oxygen atoms in total. The van der Waals surface area contributed by atoms with Gasteiger partial charge in [0.2, 0.25) is 0 Å². The molecular formula is C9H13NaOSSi. The van der Waals surface area contributed by atoms with Crippen molar-refractivity contribution in [3.63, 3.8) is 0 Å². The molecule has 1 aromatic carbocycles. The van der Waals surface area contributed by atoms with Gasteiger partial charge in [-0.25, -0.2) is 0 Å². The first-order chi connectivity index (χ1) is 5.54. The van der Waals surface area contributed by atoms with Crippen LogP contribution in [0.2, 0.25) is 13.1 Å². The van der Waals surface area contributed by atoms with Crippen molar-refractivity contribution < 1.29 is 34.4 Å². The van der Waals surface area contributed by atoms with E-state index < -0.39 is 8.32 Å². The summed E-state index contributed by atoms with van der Waals surface area (Å²) in [7, 11) is -2.33. The van der Waals surface area contributed by atoms with E-state index in [0.717, 1.165) is 5.19 Å². The molecule has 0 saturated carbocycles. The first-order valence-electron chi connectivity index (χ1n) is 3.89. The molecule has 0 saturated heterocycles. The Balaban J connectivity index is 0.00000144. The van der Waals surface area contributed by atoms with Gasteiger partial charge in [0.25, 0.3) is 0 Å².